The number of halogens is 3. The van der Waals surface area contributed by atoms with Gasteiger partial charge in [-0.25, -0.2) is 9.00 Å². The summed E-state index contributed by atoms with van der Waals surface area (Å²) < 4.78 is 54.5. The maximum Gasteiger partial charge on any atom is 0.475 e. The van der Waals surface area contributed by atoms with Crippen LogP contribution in [0.2, 0.25) is 0 Å². The van der Waals surface area contributed by atoms with E-state index in [1.54, 1.807) is 0 Å². The molecule has 3 rings (SSSR count). The van der Waals surface area contributed by atoms with Gasteiger partial charge in [0.2, 0.25) is 0 Å². The van der Waals surface area contributed by atoms with Gasteiger partial charge in [-0.15, -0.1) is 0 Å². The molecule has 2 aliphatic rings. The Morgan fingerprint density at radius 1 is 1.29 bits per heavy atom. The van der Waals surface area contributed by atoms with Crippen LogP contribution in [0.1, 0.15) is 16.8 Å². The maximum atomic E-state index is 12.7. The van der Waals surface area contributed by atoms with E-state index in [1.165, 1.54) is 23.1 Å². The first-order valence-electron chi connectivity index (χ1n) is 7.04. The number of rotatable bonds is 2. The van der Waals surface area contributed by atoms with Crippen LogP contribution in [0, 0.1) is 0 Å². The van der Waals surface area contributed by atoms with Gasteiger partial charge in [-0.1, -0.05) is 12.1 Å². The van der Waals surface area contributed by atoms with Crippen molar-refractivity contribution in [1.29, 1.82) is 0 Å². The molecule has 1 unspecified atom stereocenters. The van der Waals surface area contributed by atoms with E-state index in [4.69, 9.17) is 4.74 Å². The fraction of sp³-hybridized carbons (Fsp3) is 0.429. The van der Waals surface area contributed by atoms with Gasteiger partial charge in [-0.05, 0) is 12.1 Å². The van der Waals surface area contributed by atoms with E-state index in [0.29, 0.717) is 6.42 Å². The molecule has 130 valence electrons. The van der Waals surface area contributed by atoms with Gasteiger partial charge in [0.1, 0.15) is 0 Å². The number of amides is 2. The van der Waals surface area contributed by atoms with Gasteiger partial charge in [0, 0.05) is 19.5 Å². The van der Waals surface area contributed by atoms with Crippen molar-refractivity contribution in [2.75, 3.05) is 19.7 Å². The van der Waals surface area contributed by atoms with Gasteiger partial charge in [0.05, 0.1) is 22.6 Å². The molecule has 2 saturated heterocycles. The number of nitrogens with one attached hydrogen (secondary N) is 1. The number of alkyl carbamates (subject to hydrolysis) is 1. The van der Waals surface area contributed by atoms with Gasteiger partial charge in [-0.3, -0.25) is 4.79 Å². The number of carbonyl (C=O) groups excluding carboxylic acids is 2. The molecule has 0 bridgehead atoms. The lowest BCUT2D eigenvalue weighted by atomic mass is 9.85. The average Bonchev–Trinajstić information content (AvgIpc) is 2.50. The van der Waals surface area contributed by atoms with Crippen molar-refractivity contribution in [2.45, 2.75) is 22.4 Å². The van der Waals surface area contributed by atoms with Crippen LogP contribution >= 0.6 is 0 Å². The summed E-state index contributed by atoms with van der Waals surface area (Å²) in [5.74, 6) is -0.644. The predicted octanol–water partition coefficient (Wildman–Crippen LogP) is 1.64. The molecule has 0 saturated carbocycles. The molecule has 0 aromatic heterocycles. The maximum absolute atomic E-state index is 12.7. The van der Waals surface area contributed by atoms with Gasteiger partial charge >= 0.3 is 11.6 Å². The summed E-state index contributed by atoms with van der Waals surface area (Å²) >= 11 is 0. The highest BCUT2D eigenvalue weighted by atomic mass is 32.2. The lowest BCUT2D eigenvalue weighted by Gasteiger charge is -2.51. The first-order valence-corrected chi connectivity index (χ1v) is 8.19. The molecule has 2 heterocycles. The second-order valence-electron chi connectivity index (χ2n) is 5.66. The number of likely N-dealkylation sites (tertiary alicyclic amines) is 1. The Bertz CT molecular complexity index is 716. The van der Waals surface area contributed by atoms with Crippen LogP contribution in [-0.2, 0) is 15.5 Å². The first kappa shape index (κ1) is 16.7. The second-order valence-corrected chi connectivity index (χ2v) is 7.10. The Morgan fingerprint density at radius 2 is 1.96 bits per heavy atom. The largest absolute Gasteiger partial charge is 0.475 e. The Kier molecular flexibility index (Phi) is 4.02. The Hall–Kier alpha value is -2.10. The van der Waals surface area contributed by atoms with E-state index in [2.05, 4.69) is 5.32 Å². The van der Waals surface area contributed by atoms with Crippen molar-refractivity contribution in [1.82, 2.24) is 10.2 Å². The number of benzene rings is 1. The zero-order chi connectivity index (χ0) is 17.5. The van der Waals surface area contributed by atoms with Crippen molar-refractivity contribution in [2.24, 2.45) is 0 Å². The fourth-order valence-corrected chi connectivity index (χ4v) is 3.63. The highest BCUT2D eigenvalue weighted by Gasteiger charge is 2.49. The summed E-state index contributed by atoms with van der Waals surface area (Å²) in [5.41, 5.74) is -5.79. The molecule has 1 spiro atoms. The number of cyclic esters (lactones) is 1. The molecular formula is C14H13F3N2O4S. The average molecular weight is 362 g/mol. The van der Waals surface area contributed by atoms with E-state index in [-0.39, 0.29) is 25.3 Å². The zero-order valence-electron chi connectivity index (χ0n) is 12.3. The van der Waals surface area contributed by atoms with Gasteiger partial charge in [-0.2, -0.15) is 13.2 Å². The third-order valence-corrected chi connectivity index (χ3v) is 5.16. The van der Waals surface area contributed by atoms with E-state index in [1.807, 2.05) is 0 Å². The van der Waals surface area contributed by atoms with Crippen molar-refractivity contribution < 1.29 is 31.7 Å². The Balaban J connectivity index is 1.78. The van der Waals surface area contributed by atoms with Crippen LogP contribution in [0.5, 0.6) is 0 Å². The van der Waals surface area contributed by atoms with Crippen LogP contribution in [-0.4, -0.2) is 51.9 Å². The van der Waals surface area contributed by atoms with E-state index in [0.717, 1.165) is 6.07 Å². The first-order chi connectivity index (χ1) is 11.2. The summed E-state index contributed by atoms with van der Waals surface area (Å²) in [4.78, 5) is 24.5. The van der Waals surface area contributed by atoms with E-state index >= 15 is 0 Å². The Morgan fingerprint density at radius 3 is 2.58 bits per heavy atom. The van der Waals surface area contributed by atoms with Crippen molar-refractivity contribution in [3.63, 3.8) is 0 Å². The number of carbonyl (C=O) groups is 2. The molecule has 2 amide bonds. The summed E-state index contributed by atoms with van der Waals surface area (Å²) in [6.07, 6.45) is -0.0644. The smallest absolute Gasteiger partial charge is 0.449 e. The lowest BCUT2D eigenvalue weighted by molar-refractivity contribution is -0.0385. The molecule has 10 heteroatoms. The quantitative estimate of drug-likeness (QED) is 0.868. The SMILES string of the molecule is O=C1NC2(CCO1)CN(C(=O)c1ccccc1S(=O)C(F)(F)F)C2. The second kappa shape index (κ2) is 5.76. The fourth-order valence-electron chi connectivity index (χ4n) is 2.82. The third kappa shape index (κ3) is 2.97. The normalized spacial score (nSPS) is 20.8. The molecule has 1 atom stereocenters. The molecule has 1 aromatic rings. The molecule has 1 N–H and O–H groups in total. The van der Waals surface area contributed by atoms with Gasteiger partial charge in [0.25, 0.3) is 5.91 Å². The standard InChI is InChI=1S/C14H13F3N2O4S/c15-14(16,17)24(22)10-4-2-1-3-9(10)11(20)19-7-13(8-19)5-6-23-12(21)18-13/h1-4H,5-8H2,(H,18,21). The molecule has 1 aromatic carbocycles. The van der Waals surface area contributed by atoms with Crippen LogP contribution in [0.4, 0.5) is 18.0 Å². The highest BCUT2D eigenvalue weighted by Crippen LogP contribution is 2.32. The monoisotopic (exact) mass is 362 g/mol. The molecule has 2 aliphatic heterocycles. The minimum atomic E-state index is -4.94. The van der Waals surface area contributed by atoms with Crippen molar-refractivity contribution in [3.8, 4) is 0 Å². The number of hydrogen-bond acceptors (Lipinski definition) is 4. The topological polar surface area (TPSA) is 75.7 Å². The van der Waals surface area contributed by atoms with Crippen LogP contribution in [0.3, 0.4) is 0 Å². The third-order valence-electron chi connectivity index (χ3n) is 3.98. The van der Waals surface area contributed by atoms with E-state index < -0.39 is 38.7 Å². The molecule has 2 fully saturated rings. The minimum Gasteiger partial charge on any atom is -0.449 e. The van der Waals surface area contributed by atoms with Crippen molar-refractivity contribution >= 4 is 22.8 Å². The van der Waals surface area contributed by atoms with Gasteiger partial charge in [0.15, 0.2) is 10.8 Å². The highest BCUT2D eigenvalue weighted by molar-refractivity contribution is 7.86. The summed E-state index contributed by atoms with van der Waals surface area (Å²) in [6.45, 7) is 0.574. The van der Waals surface area contributed by atoms with E-state index in [9.17, 15) is 27.0 Å². The number of nitrogens with zero attached hydrogens (tertiary/aromatic N) is 1. The number of ether oxygens (including phenoxy) is 1. The number of hydrogen-bond donors (Lipinski definition) is 1. The zero-order valence-corrected chi connectivity index (χ0v) is 13.1. The minimum absolute atomic E-state index is 0.175. The van der Waals surface area contributed by atoms with Crippen LogP contribution in [0.15, 0.2) is 29.2 Å². The predicted molar refractivity (Wildman–Crippen MR) is 76.6 cm³/mol. The van der Waals surface area contributed by atoms with Crippen molar-refractivity contribution in [3.05, 3.63) is 29.8 Å². The summed E-state index contributed by atoms with van der Waals surface area (Å²) in [5, 5.41) is 2.63. The van der Waals surface area contributed by atoms with Gasteiger partial charge < -0.3 is 15.0 Å². The molecular weight excluding hydrogens is 349 g/mol. The van der Waals surface area contributed by atoms with Crippen LogP contribution < -0.4 is 5.32 Å². The Labute approximate surface area is 137 Å². The molecule has 24 heavy (non-hydrogen) atoms. The van der Waals surface area contributed by atoms with Crippen LogP contribution in [0.25, 0.3) is 0 Å². The summed E-state index contributed by atoms with van der Waals surface area (Å²) in [7, 11) is -3.28. The molecule has 6 nitrogen and oxygen atoms in total. The summed E-state index contributed by atoms with van der Waals surface area (Å²) in [6, 6.07) is 4.96. The molecule has 0 radical (unpaired) electrons. The molecule has 0 aliphatic carbocycles. The number of alkyl halides is 3. The lowest BCUT2D eigenvalue weighted by Crippen LogP contribution is -2.73.